The molecule has 104 valence electrons. The lowest BCUT2D eigenvalue weighted by Gasteiger charge is -2.21. The molecule has 0 aromatic heterocycles. The smallest absolute Gasteiger partial charge is 0.238 e. The van der Waals surface area contributed by atoms with Crippen LogP contribution in [0.4, 0.5) is 5.69 Å². The fourth-order valence-corrected chi connectivity index (χ4v) is 4.47. The third-order valence-corrected chi connectivity index (χ3v) is 5.88. The topological polar surface area (TPSA) is 29.1 Å². The fraction of sp³-hybridized carbons (Fsp3) is 0.533. The maximum absolute atomic E-state index is 12.1. The maximum Gasteiger partial charge on any atom is 0.238 e. The molecule has 1 unspecified atom stereocenters. The van der Waals surface area contributed by atoms with Crippen LogP contribution >= 0.6 is 23.5 Å². The Balaban J connectivity index is 1.97. The lowest BCUT2D eigenvalue weighted by molar-refractivity contribution is -0.115. The van der Waals surface area contributed by atoms with Gasteiger partial charge in [0.2, 0.25) is 5.91 Å². The van der Waals surface area contributed by atoms with E-state index in [1.165, 1.54) is 5.56 Å². The van der Waals surface area contributed by atoms with Crippen molar-refractivity contribution >= 4 is 35.1 Å². The van der Waals surface area contributed by atoms with Gasteiger partial charge < -0.3 is 5.32 Å². The van der Waals surface area contributed by atoms with Gasteiger partial charge in [-0.2, -0.15) is 11.8 Å². The third-order valence-electron chi connectivity index (χ3n) is 3.13. The van der Waals surface area contributed by atoms with Crippen molar-refractivity contribution in [2.24, 2.45) is 0 Å². The van der Waals surface area contributed by atoms with Gasteiger partial charge in [0.15, 0.2) is 0 Å². The Bertz CT molecular complexity index is 430. The van der Waals surface area contributed by atoms with E-state index in [4.69, 9.17) is 0 Å². The second kappa shape index (κ2) is 6.23. The molecule has 1 N–H and O–H groups in total. The predicted molar refractivity (Wildman–Crippen MR) is 87.3 cm³/mol. The van der Waals surface area contributed by atoms with Crippen LogP contribution in [0.1, 0.15) is 26.3 Å². The standard InChI is InChI=1S/C15H21NOS2/c1-15(2,3)11-4-6-12(7-5-11)16-14(17)13-10-18-8-9-19-13/h4-7,13H,8-10H2,1-3H3,(H,16,17). The van der Waals surface area contributed by atoms with Crippen molar-refractivity contribution in [1.29, 1.82) is 0 Å². The molecule has 2 nitrogen and oxygen atoms in total. The molecule has 1 aliphatic rings. The van der Waals surface area contributed by atoms with Crippen LogP contribution in [0.5, 0.6) is 0 Å². The average molecular weight is 295 g/mol. The van der Waals surface area contributed by atoms with Crippen LogP contribution in [0.15, 0.2) is 24.3 Å². The van der Waals surface area contributed by atoms with Crippen molar-refractivity contribution in [2.45, 2.75) is 31.4 Å². The number of thioether (sulfide) groups is 2. The summed E-state index contributed by atoms with van der Waals surface area (Å²) in [7, 11) is 0. The SMILES string of the molecule is CC(C)(C)c1ccc(NC(=O)C2CSCCS2)cc1. The highest BCUT2D eigenvalue weighted by Gasteiger charge is 2.22. The quantitative estimate of drug-likeness (QED) is 0.900. The minimum atomic E-state index is 0.0982. The van der Waals surface area contributed by atoms with Gasteiger partial charge in [0.1, 0.15) is 0 Å². The summed E-state index contributed by atoms with van der Waals surface area (Å²) < 4.78 is 0. The van der Waals surface area contributed by atoms with Crippen molar-refractivity contribution in [3.8, 4) is 0 Å². The minimum Gasteiger partial charge on any atom is -0.325 e. The highest BCUT2D eigenvalue weighted by Crippen LogP contribution is 2.26. The highest BCUT2D eigenvalue weighted by molar-refractivity contribution is 8.07. The van der Waals surface area contributed by atoms with E-state index < -0.39 is 0 Å². The van der Waals surface area contributed by atoms with E-state index in [1.807, 2.05) is 23.9 Å². The predicted octanol–water partition coefficient (Wildman–Crippen LogP) is 3.77. The number of rotatable bonds is 2. The zero-order valence-corrected chi connectivity index (χ0v) is 13.4. The Hall–Kier alpha value is -0.610. The van der Waals surface area contributed by atoms with E-state index in [2.05, 4.69) is 38.2 Å². The summed E-state index contributed by atoms with van der Waals surface area (Å²) in [6.45, 7) is 6.57. The van der Waals surface area contributed by atoms with Gasteiger partial charge in [-0.15, -0.1) is 11.8 Å². The molecule has 1 atom stereocenters. The number of carbonyl (C=O) groups excluding carboxylic acids is 1. The zero-order chi connectivity index (χ0) is 13.9. The van der Waals surface area contributed by atoms with Crippen LogP contribution < -0.4 is 5.32 Å². The third kappa shape index (κ3) is 4.18. The number of amides is 1. The number of carbonyl (C=O) groups is 1. The molecule has 0 spiro atoms. The van der Waals surface area contributed by atoms with Crippen molar-refractivity contribution in [3.63, 3.8) is 0 Å². The van der Waals surface area contributed by atoms with Crippen molar-refractivity contribution in [1.82, 2.24) is 0 Å². The van der Waals surface area contributed by atoms with Gasteiger partial charge in [-0.25, -0.2) is 0 Å². The summed E-state index contributed by atoms with van der Waals surface area (Å²) in [6, 6.07) is 8.19. The highest BCUT2D eigenvalue weighted by atomic mass is 32.2. The van der Waals surface area contributed by atoms with E-state index in [0.717, 1.165) is 22.9 Å². The molecule has 0 aliphatic carbocycles. The summed E-state index contributed by atoms with van der Waals surface area (Å²) in [4.78, 5) is 12.1. The number of benzene rings is 1. The van der Waals surface area contributed by atoms with Crippen LogP contribution in [0.25, 0.3) is 0 Å². The number of hydrogen-bond acceptors (Lipinski definition) is 3. The zero-order valence-electron chi connectivity index (χ0n) is 11.7. The monoisotopic (exact) mass is 295 g/mol. The molecule has 0 radical (unpaired) electrons. The Morgan fingerprint density at radius 1 is 1.21 bits per heavy atom. The maximum atomic E-state index is 12.1. The van der Waals surface area contributed by atoms with Gasteiger partial charge >= 0.3 is 0 Å². The summed E-state index contributed by atoms with van der Waals surface area (Å²) >= 11 is 3.63. The Morgan fingerprint density at radius 2 is 1.89 bits per heavy atom. The molecular formula is C15H21NOS2. The molecule has 0 saturated carbocycles. The molecule has 2 rings (SSSR count). The summed E-state index contributed by atoms with van der Waals surface area (Å²) in [5.41, 5.74) is 2.33. The Labute approximate surface area is 124 Å². The van der Waals surface area contributed by atoms with Gasteiger partial charge in [-0.1, -0.05) is 32.9 Å². The van der Waals surface area contributed by atoms with Crippen molar-refractivity contribution < 1.29 is 4.79 Å². The molecule has 1 heterocycles. The van der Waals surface area contributed by atoms with Gasteiger partial charge in [0, 0.05) is 22.9 Å². The molecular weight excluding hydrogens is 274 g/mol. The molecule has 0 bridgehead atoms. The van der Waals surface area contributed by atoms with Crippen LogP contribution in [0.2, 0.25) is 0 Å². The van der Waals surface area contributed by atoms with Crippen LogP contribution in [0, 0.1) is 0 Å². The van der Waals surface area contributed by atoms with Crippen molar-refractivity contribution in [2.75, 3.05) is 22.6 Å². The second-order valence-corrected chi connectivity index (χ2v) is 8.21. The fourth-order valence-electron chi connectivity index (χ4n) is 1.92. The van der Waals surface area contributed by atoms with E-state index in [0.29, 0.717) is 0 Å². The average Bonchev–Trinajstić information content (AvgIpc) is 2.39. The minimum absolute atomic E-state index is 0.0982. The lowest BCUT2D eigenvalue weighted by atomic mass is 9.87. The first-order valence-electron chi connectivity index (χ1n) is 6.57. The molecule has 1 aliphatic heterocycles. The first-order valence-corrected chi connectivity index (χ1v) is 8.78. The van der Waals surface area contributed by atoms with E-state index in [9.17, 15) is 4.79 Å². The largest absolute Gasteiger partial charge is 0.325 e. The van der Waals surface area contributed by atoms with Gasteiger partial charge in [-0.05, 0) is 23.1 Å². The van der Waals surface area contributed by atoms with Crippen LogP contribution in [0.3, 0.4) is 0 Å². The number of anilines is 1. The molecule has 1 aromatic carbocycles. The first-order chi connectivity index (χ1) is 8.97. The summed E-state index contributed by atoms with van der Waals surface area (Å²) in [5, 5.41) is 3.12. The Kier molecular flexibility index (Phi) is 4.85. The summed E-state index contributed by atoms with van der Waals surface area (Å²) in [6.07, 6.45) is 0. The summed E-state index contributed by atoms with van der Waals surface area (Å²) in [5.74, 6) is 3.30. The van der Waals surface area contributed by atoms with Gasteiger partial charge in [0.05, 0.1) is 5.25 Å². The van der Waals surface area contributed by atoms with E-state index in [-0.39, 0.29) is 16.6 Å². The molecule has 1 saturated heterocycles. The van der Waals surface area contributed by atoms with Crippen LogP contribution in [-0.2, 0) is 10.2 Å². The molecule has 19 heavy (non-hydrogen) atoms. The van der Waals surface area contributed by atoms with Crippen LogP contribution in [-0.4, -0.2) is 28.4 Å². The number of nitrogens with one attached hydrogen (secondary N) is 1. The van der Waals surface area contributed by atoms with Crippen molar-refractivity contribution in [3.05, 3.63) is 29.8 Å². The Morgan fingerprint density at radius 3 is 2.42 bits per heavy atom. The lowest BCUT2D eigenvalue weighted by Crippen LogP contribution is -2.30. The molecule has 1 fully saturated rings. The van der Waals surface area contributed by atoms with E-state index >= 15 is 0 Å². The number of hydrogen-bond donors (Lipinski definition) is 1. The molecule has 4 heteroatoms. The molecule has 1 amide bonds. The van der Waals surface area contributed by atoms with Gasteiger partial charge in [0.25, 0.3) is 0 Å². The normalized spacial score (nSPS) is 20.1. The molecule has 1 aromatic rings. The second-order valence-electron chi connectivity index (χ2n) is 5.75. The van der Waals surface area contributed by atoms with Gasteiger partial charge in [-0.3, -0.25) is 4.79 Å². The van der Waals surface area contributed by atoms with E-state index in [1.54, 1.807) is 11.8 Å². The first kappa shape index (κ1) is 14.8.